The van der Waals surface area contributed by atoms with Crippen LogP contribution in [0.15, 0.2) is 54.6 Å². The van der Waals surface area contributed by atoms with Crippen molar-refractivity contribution in [3.63, 3.8) is 0 Å². The van der Waals surface area contributed by atoms with Crippen LogP contribution in [0.1, 0.15) is 22.1 Å². The molecule has 3 aromatic rings. The minimum atomic E-state index is -0.415. The Balaban J connectivity index is 2.15. The van der Waals surface area contributed by atoms with E-state index in [9.17, 15) is 4.39 Å². The molecule has 0 aromatic heterocycles. The fourth-order valence-corrected chi connectivity index (χ4v) is 3.01. The Bertz CT molecular complexity index is 811. The van der Waals surface area contributed by atoms with Crippen molar-refractivity contribution in [3.8, 4) is 0 Å². The second-order valence-electron chi connectivity index (χ2n) is 5.05. The zero-order valence-electron chi connectivity index (χ0n) is 11.4. The molecule has 1 atom stereocenters. The van der Waals surface area contributed by atoms with Gasteiger partial charge in [0.15, 0.2) is 0 Å². The van der Waals surface area contributed by atoms with Gasteiger partial charge in [-0.1, -0.05) is 54.1 Å². The summed E-state index contributed by atoms with van der Waals surface area (Å²) in [5.41, 5.74) is 2.29. The maximum atomic E-state index is 13.8. The molecule has 21 heavy (non-hydrogen) atoms. The number of hydrogen-bond donors (Lipinski definition) is 0. The van der Waals surface area contributed by atoms with Crippen LogP contribution in [0.2, 0.25) is 5.02 Å². The van der Waals surface area contributed by atoms with E-state index in [1.54, 1.807) is 13.0 Å². The van der Waals surface area contributed by atoms with Gasteiger partial charge in [0.05, 0.1) is 5.38 Å². The van der Waals surface area contributed by atoms with Crippen molar-refractivity contribution in [3.05, 3.63) is 82.1 Å². The third-order valence-electron chi connectivity index (χ3n) is 3.67. The monoisotopic (exact) mass is 318 g/mol. The highest BCUT2D eigenvalue weighted by atomic mass is 35.5. The molecule has 0 saturated heterocycles. The van der Waals surface area contributed by atoms with Gasteiger partial charge in [0, 0.05) is 10.4 Å². The van der Waals surface area contributed by atoms with Crippen molar-refractivity contribution in [1.82, 2.24) is 0 Å². The predicted molar refractivity (Wildman–Crippen MR) is 87.8 cm³/mol. The zero-order valence-corrected chi connectivity index (χ0v) is 12.9. The number of benzene rings is 3. The fourth-order valence-electron chi connectivity index (χ4n) is 2.45. The molecule has 0 radical (unpaired) electrons. The van der Waals surface area contributed by atoms with Gasteiger partial charge in [-0.3, -0.25) is 0 Å². The highest BCUT2D eigenvalue weighted by Crippen LogP contribution is 2.36. The van der Waals surface area contributed by atoms with E-state index in [2.05, 4.69) is 0 Å². The summed E-state index contributed by atoms with van der Waals surface area (Å²) in [5.74, 6) is -0.239. The van der Waals surface area contributed by atoms with Gasteiger partial charge in [-0.15, -0.1) is 11.6 Å². The SMILES string of the molecule is Cc1ccc(C(Cl)c2ccc(Cl)c3ccccc23)cc1F. The molecule has 0 fully saturated rings. The molecule has 0 nitrogen and oxygen atoms in total. The lowest BCUT2D eigenvalue weighted by atomic mass is 9.97. The molecule has 3 aromatic carbocycles. The summed E-state index contributed by atoms with van der Waals surface area (Å²) in [6, 6.07) is 16.7. The summed E-state index contributed by atoms with van der Waals surface area (Å²) in [4.78, 5) is 0. The molecule has 0 saturated carbocycles. The highest BCUT2D eigenvalue weighted by molar-refractivity contribution is 6.36. The van der Waals surface area contributed by atoms with Crippen LogP contribution in [-0.2, 0) is 0 Å². The lowest BCUT2D eigenvalue weighted by Gasteiger charge is -2.15. The smallest absolute Gasteiger partial charge is 0.126 e. The Hall–Kier alpha value is -1.57. The Morgan fingerprint density at radius 3 is 2.38 bits per heavy atom. The Morgan fingerprint density at radius 2 is 1.67 bits per heavy atom. The number of hydrogen-bond acceptors (Lipinski definition) is 0. The van der Waals surface area contributed by atoms with Crippen LogP contribution in [0.25, 0.3) is 10.8 Å². The molecule has 3 heteroatoms. The molecular weight excluding hydrogens is 306 g/mol. The van der Waals surface area contributed by atoms with E-state index in [4.69, 9.17) is 23.2 Å². The lowest BCUT2D eigenvalue weighted by Crippen LogP contribution is -1.96. The molecule has 0 aliphatic rings. The maximum Gasteiger partial charge on any atom is 0.126 e. The number of rotatable bonds is 2. The summed E-state index contributed by atoms with van der Waals surface area (Å²) in [6.45, 7) is 1.74. The molecule has 0 aliphatic heterocycles. The average molecular weight is 319 g/mol. The molecule has 106 valence electrons. The first kappa shape index (κ1) is 14.4. The van der Waals surface area contributed by atoms with Gasteiger partial charge in [-0.2, -0.15) is 0 Å². The minimum absolute atomic E-state index is 0.239. The van der Waals surface area contributed by atoms with E-state index in [1.165, 1.54) is 6.07 Å². The second kappa shape index (κ2) is 5.67. The summed E-state index contributed by atoms with van der Waals surface area (Å²) < 4.78 is 13.8. The Kier molecular flexibility index (Phi) is 3.88. The van der Waals surface area contributed by atoms with Crippen LogP contribution in [0.3, 0.4) is 0 Å². The minimum Gasteiger partial charge on any atom is -0.207 e. The summed E-state index contributed by atoms with van der Waals surface area (Å²) in [7, 11) is 0. The highest BCUT2D eigenvalue weighted by Gasteiger charge is 2.16. The van der Waals surface area contributed by atoms with E-state index in [0.717, 1.165) is 21.9 Å². The van der Waals surface area contributed by atoms with Crippen molar-refractivity contribution in [1.29, 1.82) is 0 Å². The van der Waals surface area contributed by atoms with Crippen molar-refractivity contribution in [2.45, 2.75) is 12.3 Å². The number of alkyl halides is 1. The van der Waals surface area contributed by atoms with E-state index >= 15 is 0 Å². The van der Waals surface area contributed by atoms with Crippen LogP contribution >= 0.6 is 23.2 Å². The first-order chi connectivity index (χ1) is 10.1. The van der Waals surface area contributed by atoms with Gasteiger partial charge in [0.1, 0.15) is 5.82 Å². The molecule has 0 amide bonds. The quantitative estimate of drug-likeness (QED) is 0.488. The van der Waals surface area contributed by atoms with Crippen LogP contribution in [-0.4, -0.2) is 0 Å². The number of halogens is 3. The van der Waals surface area contributed by atoms with Crippen LogP contribution < -0.4 is 0 Å². The van der Waals surface area contributed by atoms with Gasteiger partial charge < -0.3 is 0 Å². The number of fused-ring (bicyclic) bond motifs is 1. The first-order valence-electron chi connectivity index (χ1n) is 6.65. The molecule has 0 heterocycles. The molecule has 0 N–H and O–H groups in total. The zero-order chi connectivity index (χ0) is 15.0. The summed E-state index contributed by atoms with van der Waals surface area (Å²) >= 11 is 12.8. The maximum absolute atomic E-state index is 13.8. The standard InChI is InChI=1S/C18H13Cl2F/c1-11-6-7-12(10-17(11)21)18(20)15-8-9-16(19)14-5-3-2-4-13(14)15/h2-10,18H,1H3. The molecule has 3 rings (SSSR count). The molecule has 1 unspecified atom stereocenters. The van der Waals surface area contributed by atoms with E-state index in [-0.39, 0.29) is 5.82 Å². The van der Waals surface area contributed by atoms with Gasteiger partial charge in [0.25, 0.3) is 0 Å². The van der Waals surface area contributed by atoms with Crippen LogP contribution in [0.5, 0.6) is 0 Å². The largest absolute Gasteiger partial charge is 0.207 e. The second-order valence-corrected chi connectivity index (χ2v) is 5.90. The van der Waals surface area contributed by atoms with Crippen molar-refractivity contribution in [2.24, 2.45) is 0 Å². The lowest BCUT2D eigenvalue weighted by molar-refractivity contribution is 0.616. The number of aryl methyl sites for hydroxylation is 1. The van der Waals surface area contributed by atoms with E-state index < -0.39 is 5.38 Å². The normalized spacial score (nSPS) is 12.6. The van der Waals surface area contributed by atoms with E-state index in [1.807, 2.05) is 42.5 Å². The van der Waals surface area contributed by atoms with Crippen molar-refractivity contribution >= 4 is 34.0 Å². The third kappa shape index (κ3) is 2.64. The predicted octanol–water partition coefficient (Wildman–Crippen LogP) is 6.27. The fraction of sp³-hybridized carbons (Fsp3) is 0.111. The van der Waals surface area contributed by atoms with Gasteiger partial charge in [-0.05, 0) is 41.1 Å². The van der Waals surface area contributed by atoms with Gasteiger partial charge >= 0.3 is 0 Å². The van der Waals surface area contributed by atoms with Crippen molar-refractivity contribution in [2.75, 3.05) is 0 Å². The van der Waals surface area contributed by atoms with Gasteiger partial charge in [-0.25, -0.2) is 4.39 Å². The molecule has 0 spiro atoms. The van der Waals surface area contributed by atoms with Crippen molar-refractivity contribution < 1.29 is 4.39 Å². The summed E-state index contributed by atoms with van der Waals surface area (Å²) in [6.07, 6.45) is 0. The molecule has 0 aliphatic carbocycles. The van der Waals surface area contributed by atoms with Gasteiger partial charge in [0.2, 0.25) is 0 Å². The third-order valence-corrected chi connectivity index (χ3v) is 4.48. The molecular formula is C18H13Cl2F. The van der Waals surface area contributed by atoms with Crippen LogP contribution in [0, 0.1) is 12.7 Å². The summed E-state index contributed by atoms with van der Waals surface area (Å²) in [5, 5.41) is 2.22. The van der Waals surface area contributed by atoms with Crippen LogP contribution in [0.4, 0.5) is 4.39 Å². The molecule has 0 bridgehead atoms. The topological polar surface area (TPSA) is 0 Å². The average Bonchev–Trinajstić information content (AvgIpc) is 2.50. The Labute approximate surface area is 133 Å². The Morgan fingerprint density at radius 1 is 0.952 bits per heavy atom. The van der Waals surface area contributed by atoms with E-state index in [0.29, 0.717) is 10.6 Å². The first-order valence-corrected chi connectivity index (χ1v) is 7.46.